The molecule has 0 radical (unpaired) electrons. The predicted molar refractivity (Wildman–Crippen MR) is 205 cm³/mol. The topological polar surface area (TPSA) is 30.7 Å². The number of para-hydroxylation sites is 2. The van der Waals surface area contributed by atoms with E-state index in [1.165, 1.54) is 54.1 Å². The summed E-state index contributed by atoms with van der Waals surface area (Å²) >= 11 is 0. The van der Waals surface area contributed by atoms with Crippen LogP contribution in [0.1, 0.15) is 0 Å². The highest BCUT2D eigenvalue weighted by atomic mass is 15.0. The van der Waals surface area contributed by atoms with Crippen LogP contribution in [-0.2, 0) is 0 Å². The zero-order valence-corrected chi connectivity index (χ0v) is 26.6. The van der Waals surface area contributed by atoms with E-state index in [1.807, 2.05) is 12.1 Å². The van der Waals surface area contributed by atoms with E-state index < -0.39 is 0 Å². The molecule has 2 aromatic heterocycles. The SMILES string of the molecule is c1ccc(-c2cc(-c3ccccc3)nc(-c3ccc4c(c3)c3ccccc3c3ccc5c6ccccc6n(-c6ccccc6)c5c34)n2)cc1. The number of fused-ring (bicyclic) bond motifs is 10. The summed E-state index contributed by atoms with van der Waals surface area (Å²) in [6.45, 7) is 0. The Morgan fingerprint density at radius 2 is 0.857 bits per heavy atom. The van der Waals surface area contributed by atoms with Gasteiger partial charge in [-0.25, -0.2) is 9.97 Å². The maximum absolute atomic E-state index is 5.17. The van der Waals surface area contributed by atoms with Gasteiger partial charge < -0.3 is 4.57 Å². The lowest BCUT2D eigenvalue weighted by molar-refractivity contribution is 1.18. The fourth-order valence-electron chi connectivity index (χ4n) is 7.57. The van der Waals surface area contributed by atoms with Crippen molar-refractivity contribution in [3.8, 4) is 39.6 Å². The van der Waals surface area contributed by atoms with Crippen LogP contribution in [0.5, 0.6) is 0 Å². The van der Waals surface area contributed by atoms with Gasteiger partial charge in [-0.15, -0.1) is 0 Å². The molecule has 0 aliphatic heterocycles. The van der Waals surface area contributed by atoms with E-state index >= 15 is 0 Å². The van der Waals surface area contributed by atoms with Crippen molar-refractivity contribution in [2.24, 2.45) is 0 Å². The summed E-state index contributed by atoms with van der Waals surface area (Å²) in [6.07, 6.45) is 0. The minimum Gasteiger partial charge on any atom is -0.309 e. The molecule has 0 amide bonds. The third kappa shape index (κ3) is 4.37. The van der Waals surface area contributed by atoms with Gasteiger partial charge in [0.15, 0.2) is 5.82 Å². The van der Waals surface area contributed by atoms with Gasteiger partial charge in [0.05, 0.1) is 22.4 Å². The van der Waals surface area contributed by atoms with E-state index in [-0.39, 0.29) is 0 Å². The Kier molecular flexibility index (Phi) is 6.18. The molecular formula is C46H29N3. The van der Waals surface area contributed by atoms with Gasteiger partial charge in [-0.2, -0.15) is 0 Å². The minimum absolute atomic E-state index is 0.711. The van der Waals surface area contributed by atoms with E-state index in [9.17, 15) is 0 Å². The molecule has 0 aliphatic rings. The minimum atomic E-state index is 0.711. The Morgan fingerprint density at radius 1 is 0.347 bits per heavy atom. The molecule has 228 valence electrons. The van der Waals surface area contributed by atoms with Crippen LogP contribution in [-0.4, -0.2) is 14.5 Å². The number of rotatable bonds is 4. The molecule has 10 aromatic rings. The van der Waals surface area contributed by atoms with E-state index in [2.05, 4.69) is 168 Å². The monoisotopic (exact) mass is 623 g/mol. The van der Waals surface area contributed by atoms with Crippen LogP contribution in [0.2, 0.25) is 0 Å². The number of hydrogen-bond donors (Lipinski definition) is 0. The van der Waals surface area contributed by atoms with Crippen LogP contribution >= 0.6 is 0 Å². The van der Waals surface area contributed by atoms with Gasteiger partial charge in [-0.3, -0.25) is 0 Å². The Morgan fingerprint density at radius 3 is 1.53 bits per heavy atom. The van der Waals surface area contributed by atoms with Crippen molar-refractivity contribution in [2.75, 3.05) is 0 Å². The van der Waals surface area contributed by atoms with Crippen LogP contribution in [0.15, 0.2) is 176 Å². The first-order chi connectivity index (χ1) is 24.3. The summed E-state index contributed by atoms with van der Waals surface area (Å²) in [7, 11) is 0. The molecule has 49 heavy (non-hydrogen) atoms. The molecule has 3 heteroatoms. The molecule has 0 fully saturated rings. The molecule has 2 heterocycles. The molecule has 0 N–H and O–H groups in total. The normalized spacial score (nSPS) is 11.7. The summed E-state index contributed by atoms with van der Waals surface area (Å²) in [5.41, 5.74) is 8.51. The van der Waals surface area contributed by atoms with Crippen LogP contribution in [0, 0.1) is 0 Å². The van der Waals surface area contributed by atoms with Crippen LogP contribution in [0.25, 0.3) is 93.7 Å². The van der Waals surface area contributed by atoms with Crippen LogP contribution in [0.3, 0.4) is 0 Å². The summed E-state index contributed by atoms with van der Waals surface area (Å²) < 4.78 is 2.44. The first-order valence-corrected chi connectivity index (χ1v) is 16.7. The number of hydrogen-bond acceptors (Lipinski definition) is 2. The predicted octanol–water partition coefficient (Wildman–Crippen LogP) is 12.0. The van der Waals surface area contributed by atoms with Gasteiger partial charge in [0.25, 0.3) is 0 Å². The molecule has 0 saturated heterocycles. The molecule has 3 nitrogen and oxygen atoms in total. The second kappa shape index (κ2) is 11.0. The molecule has 10 rings (SSSR count). The van der Waals surface area contributed by atoms with Gasteiger partial charge in [0.1, 0.15) is 0 Å². The fraction of sp³-hybridized carbons (Fsp3) is 0. The van der Waals surface area contributed by atoms with E-state index in [1.54, 1.807) is 0 Å². The Labute approximate surface area is 283 Å². The number of aromatic nitrogens is 3. The smallest absolute Gasteiger partial charge is 0.160 e. The highest BCUT2D eigenvalue weighted by Gasteiger charge is 2.19. The zero-order chi connectivity index (χ0) is 32.3. The molecular weight excluding hydrogens is 595 g/mol. The molecule has 0 bridgehead atoms. The quantitative estimate of drug-likeness (QED) is 0.183. The van der Waals surface area contributed by atoms with Gasteiger partial charge in [-0.05, 0) is 57.3 Å². The lowest BCUT2D eigenvalue weighted by Gasteiger charge is -2.15. The second-order valence-corrected chi connectivity index (χ2v) is 12.6. The highest BCUT2D eigenvalue weighted by Crippen LogP contribution is 2.44. The molecule has 0 spiro atoms. The van der Waals surface area contributed by atoms with Crippen molar-refractivity contribution in [3.63, 3.8) is 0 Å². The van der Waals surface area contributed by atoms with Gasteiger partial charge in [0.2, 0.25) is 0 Å². The third-order valence-electron chi connectivity index (χ3n) is 9.77. The zero-order valence-electron chi connectivity index (χ0n) is 26.6. The van der Waals surface area contributed by atoms with Crippen LogP contribution in [0.4, 0.5) is 0 Å². The van der Waals surface area contributed by atoms with Crippen molar-refractivity contribution < 1.29 is 0 Å². The van der Waals surface area contributed by atoms with E-state index in [0.29, 0.717) is 5.82 Å². The first kappa shape index (κ1) is 27.5. The Bertz CT molecular complexity index is 2800. The van der Waals surface area contributed by atoms with Crippen molar-refractivity contribution in [1.82, 2.24) is 14.5 Å². The second-order valence-electron chi connectivity index (χ2n) is 12.6. The van der Waals surface area contributed by atoms with E-state index in [0.717, 1.165) is 33.8 Å². The average molecular weight is 624 g/mol. The Balaban J connectivity index is 1.31. The van der Waals surface area contributed by atoms with Gasteiger partial charge in [-0.1, -0.05) is 146 Å². The van der Waals surface area contributed by atoms with Crippen molar-refractivity contribution in [1.29, 1.82) is 0 Å². The third-order valence-corrected chi connectivity index (χ3v) is 9.77. The first-order valence-electron chi connectivity index (χ1n) is 16.7. The number of benzene rings is 8. The fourth-order valence-corrected chi connectivity index (χ4v) is 7.57. The number of nitrogens with zero attached hydrogens (tertiary/aromatic N) is 3. The highest BCUT2D eigenvalue weighted by molar-refractivity contribution is 6.33. The lowest BCUT2D eigenvalue weighted by Crippen LogP contribution is -1.97. The van der Waals surface area contributed by atoms with Crippen molar-refractivity contribution in [3.05, 3.63) is 176 Å². The van der Waals surface area contributed by atoms with E-state index in [4.69, 9.17) is 9.97 Å². The van der Waals surface area contributed by atoms with Gasteiger partial charge >= 0.3 is 0 Å². The van der Waals surface area contributed by atoms with Crippen LogP contribution < -0.4 is 0 Å². The lowest BCUT2D eigenvalue weighted by atomic mass is 9.91. The molecule has 0 atom stereocenters. The van der Waals surface area contributed by atoms with Crippen molar-refractivity contribution in [2.45, 2.75) is 0 Å². The molecule has 0 saturated carbocycles. The maximum atomic E-state index is 5.17. The Hall–Kier alpha value is -6.58. The van der Waals surface area contributed by atoms with Gasteiger partial charge in [0, 0.05) is 38.5 Å². The molecule has 0 unspecified atom stereocenters. The molecule has 0 aliphatic carbocycles. The summed E-state index contributed by atoms with van der Waals surface area (Å²) in [5, 5.41) is 9.85. The largest absolute Gasteiger partial charge is 0.309 e. The average Bonchev–Trinajstić information content (AvgIpc) is 3.53. The standard InChI is InChI=1S/C46H29N3/c1-4-14-30(15-5-1)41-29-42(31-16-6-2-7-17-31)48-46(47-41)32-24-25-38-40(28-32)35-21-11-10-20-34(35)37-26-27-39-36-22-12-13-23-43(36)49(45(39)44(37)38)33-18-8-3-9-19-33/h1-29H. The summed E-state index contributed by atoms with van der Waals surface area (Å²) in [4.78, 5) is 10.3. The summed E-state index contributed by atoms with van der Waals surface area (Å²) in [6, 6.07) is 62.5. The van der Waals surface area contributed by atoms with Crippen molar-refractivity contribution >= 4 is 54.1 Å². The molecule has 8 aromatic carbocycles. The maximum Gasteiger partial charge on any atom is 0.160 e. The summed E-state index contributed by atoms with van der Waals surface area (Å²) in [5.74, 6) is 0.711.